The third kappa shape index (κ3) is 5.44. The number of rotatable bonds is 6. The lowest BCUT2D eigenvalue weighted by Gasteiger charge is -2.33. The number of guanidine groups is 1. The number of halogens is 2. The van der Waals surface area contributed by atoms with Gasteiger partial charge in [-0.05, 0) is 55.0 Å². The van der Waals surface area contributed by atoms with E-state index in [-0.39, 0.29) is 5.92 Å². The van der Waals surface area contributed by atoms with Gasteiger partial charge in [0.1, 0.15) is 0 Å². The number of hydrogen-bond donors (Lipinski definition) is 2. The predicted octanol–water partition coefficient (Wildman–Crippen LogP) is 4.35. The molecule has 1 aliphatic heterocycles. The molecule has 1 saturated heterocycles. The SMILES string of the molecule is CCNC(=NCC(C)c1ccc(F)c(F)c1)NC1CCN(c2cccs2)CC1. The van der Waals surface area contributed by atoms with Gasteiger partial charge in [0.2, 0.25) is 0 Å². The van der Waals surface area contributed by atoms with Crippen LogP contribution in [0.15, 0.2) is 40.7 Å². The number of anilines is 1. The van der Waals surface area contributed by atoms with Crippen LogP contribution in [0.3, 0.4) is 0 Å². The second-order valence-corrected chi connectivity index (χ2v) is 8.08. The zero-order valence-electron chi connectivity index (χ0n) is 16.4. The van der Waals surface area contributed by atoms with Crippen LogP contribution in [-0.4, -0.2) is 38.2 Å². The maximum atomic E-state index is 13.5. The summed E-state index contributed by atoms with van der Waals surface area (Å²) in [5.74, 6) is -0.836. The topological polar surface area (TPSA) is 39.7 Å². The minimum absolute atomic E-state index is 0.00577. The molecule has 0 aliphatic carbocycles. The Morgan fingerprint density at radius 1 is 1.25 bits per heavy atom. The van der Waals surface area contributed by atoms with Crippen molar-refractivity contribution in [2.24, 2.45) is 4.99 Å². The molecule has 2 N–H and O–H groups in total. The molecule has 1 fully saturated rings. The van der Waals surface area contributed by atoms with E-state index in [2.05, 4.69) is 38.0 Å². The summed E-state index contributed by atoms with van der Waals surface area (Å²) in [7, 11) is 0. The maximum absolute atomic E-state index is 13.5. The quantitative estimate of drug-likeness (QED) is 0.553. The first-order valence-corrected chi connectivity index (χ1v) is 10.7. The van der Waals surface area contributed by atoms with E-state index in [9.17, 15) is 8.78 Å². The summed E-state index contributed by atoms with van der Waals surface area (Å²) in [6.45, 7) is 7.36. The van der Waals surface area contributed by atoms with Crippen LogP contribution < -0.4 is 15.5 Å². The fourth-order valence-electron chi connectivity index (χ4n) is 3.36. The number of nitrogens with one attached hydrogen (secondary N) is 2. The van der Waals surface area contributed by atoms with Gasteiger partial charge in [-0.1, -0.05) is 13.0 Å². The van der Waals surface area contributed by atoms with Crippen molar-refractivity contribution in [3.8, 4) is 0 Å². The Morgan fingerprint density at radius 3 is 2.68 bits per heavy atom. The van der Waals surface area contributed by atoms with E-state index in [4.69, 9.17) is 0 Å². The van der Waals surface area contributed by atoms with E-state index in [0.717, 1.165) is 44.0 Å². The fraction of sp³-hybridized carbons (Fsp3) is 0.476. The monoisotopic (exact) mass is 406 g/mol. The van der Waals surface area contributed by atoms with Crippen molar-refractivity contribution in [2.45, 2.75) is 38.6 Å². The lowest BCUT2D eigenvalue weighted by molar-refractivity contribution is 0.462. The number of nitrogens with zero attached hydrogens (tertiary/aromatic N) is 2. The first-order valence-electron chi connectivity index (χ1n) is 9.85. The summed E-state index contributed by atoms with van der Waals surface area (Å²) in [4.78, 5) is 7.10. The first kappa shape index (κ1) is 20.6. The summed E-state index contributed by atoms with van der Waals surface area (Å²) >= 11 is 1.78. The van der Waals surface area contributed by atoms with E-state index < -0.39 is 11.6 Å². The van der Waals surface area contributed by atoms with E-state index in [1.54, 1.807) is 17.4 Å². The summed E-state index contributed by atoms with van der Waals surface area (Å²) in [6.07, 6.45) is 2.11. The number of hydrogen-bond acceptors (Lipinski definition) is 3. The van der Waals surface area contributed by atoms with Crippen LogP contribution in [0, 0.1) is 11.6 Å². The van der Waals surface area contributed by atoms with Crippen molar-refractivity contribution in [3.63, 3.8) is 0 Å². The van der Waals surface area contributed by atoms with Crippen molar-refractivity contribution >= 4 is 22.3 Å². The predicted molar refractivity (Wildman–Crippen MR) is 113 cm³/mol. The Balaban J connectivity index is 1.54. The molecular formula is C21H28F2N4S. The van der Waals surface area contributed by atoms with Crippen LogP contribution in [0.25, 0.3) is 0 Å². The zero-order chi connectivity index (χ0) is 19.9. The highest BCUT2D eigenvalue weighted by atomic mass is 32.1. The van der Waals surface area contributed by atoms with Gasteiger partial charge in [0.05, 0.1) is 5.00 Å². The standard InChI is InChI=1S/C21H28F2N4S/c1-3-24-21(25-14-15(2)16-6-7-18(22)19(23)13-16)26-17-8-10-27(11-9-17)20-5-4-12-28-20/h4-7,12-13,15,17H,3,8-11,14H2,1-2H3,(H2,24,25,26). The second-order valence-electron chi connectivity index (χ2n) is 7.15. The van der Waals surface area contributed by atoms with Crippen molar-refractivity contribution in [1.29, 1.82) is 0 Å². The van der Waals surface area contributed by atoms with Gasteiger partial charge < -0.3 is 15.5 Å². The number of thiophene rings is 1. The van der Waals surface area contributed by atoms with Crippen LogP contribution in [0.1, 0.15) is 38.2 Å². The maximum Gasteiger partial charge on any atom is 0.191 e. The molecule has 0 amide bonds. The summed E-state index contributed by atoms with van der Waals surface area (Å²) < 4.78 is 26.6. The van der Waals surface area contributed by atoms with Gasteiger partial charge in [0, 0.05) is 38.1 Å². The largest absolute Gasteiger partial charge is 0.363 e. The molecule has 1 aromatic carbocycles. The molecular weight excluding hydrogens is 378 g/mol. The molecule has 0 spiro atoms. The summed E-state index contributed by atoms with van der Waals surface area (Å²) in [5.41, 5.74) is 0.753. The Labute approximate surface area is 169 Å². The smallest absolute Gasteiger partial charge is 0.191 e. The molecule has 2 aromatic rings. The van der Waals surface area contributed by atoms with Gasteiger partial charge in [-0.25, -0.2) is 8.78 Å². The van der Waals surface area contributed by atoms with E-state index in [1.807, 2.05) is 13.8 Å². The third-order valence-electron chi connectivity index (χ3n) is 5.03. The lowest BCUT2D eigenvalue weighted by atomic mass is 10.0. The number of piperidine rings is 1. The van der Waals surface area contributed by atoms with Crippen molar-refractivity contribution in [1.82, 2.24) is 10.6 Å². The van der Waals surface area contributed by atoms with Gasteiger partial charge in [-0.3, -0.25) is 4.99 Å². The first-order chi connectivity index (χ1) is 13.6. The van der Waals surface area contributed by atoms with Crippen molar-refractivity contribution < 1.29 is 8.78 Å². The molecule has 1 unspecified atom stereocenters. The van der Waals surface area contributed by atoms with Crippen LogP contribution in [0.2, 0.25) is 0 Å². The van der Waals surface area contributed by atoms with Gasteiger partial charge in [-0.15, -0.1) is 11.3 Å². The van der Waals surface area contributed by atoms with Gasteiger partial charge >= 0.3 is 0 Å². The number of aliphatic imine (C=N–C) groups is 1. The molecule has 152 valence electrons. The van der Waals surface area contributed by atoms with Crippen molar-refractivity contribution in [2.75, 3.05) is 31.1 Å². The van der Waals surface area contributed by atoms with Crippen LogP contribution in [0.5, 0.6) is 0 Å². The van der Waals surface area contributed by atoms with Gasteiger partial charge in [0.15, 0.2) is 17.6 Å². The third-order valence-corrected chi connectivity index (χ3v) is 5.96. The fourth-order valence-corrected chi connectivity index (χ4v) is 4.15. The summed E-state index contributed by atoms with van der Waals surface area (Å²) in [6, 6.07) is 8.70. The van der Waals surface area contributed by atoms with Crippen molar-refractivity contribution in [3.05, 3.63) is 52.9 Å². The molecule has 1 aliphatic rings. The average Bonchev–Trinajstić information content (AvgIpc) is 3.23. The molecule has 7 heteroatoms. The molecule has 0 saturated carbocycles. The Bertz CT molecular complexity index is 771. The van der Waals surface area contributed by atoms with Gasteiger partial charge in [0.25, 0.3) is 0 Å². The van der Waals surface area contributed by atoms with E-state index >= 15 is 0 Å². The molecule has 4 nitrogen and oxygen atoms in total. The molecule has 0 bridgehead atoms. The second kappa shape index (κ2) is 9.87. The molecule has 1 atom stereocenters. The molecule has 3 rings (SSSR count). The Morgan fingerprint density at radius 2 is 2.04 bits per heavy atom. The lowest BCUT2D eigenvalue weighted by Crippen LogP contribution is -2.48. The number of benzene rings is 1. The highest BCUT2D eigenvalue weighted by Gasteiger charge is 2.20. The average molecular weight is 407 g/mol. The van der Waals surface area contributed by atoms with Crippen LogP contribution in [-0.2, 0) is 0 Å². The minimum atomic E-state index is -0.816. The normalized spacial score (nSPS) is 16.9. The summed E-state index contributed by atoms with van der Waals surface area (Å²) in [5, 5.41) is 10.3. The highest BCUT2D eigenvalue weighted by molar-refractivity contribution is 7.14. The molecule has 2 heterocycles. The van der Waals surface area contributed by atoms with Crippen LogP contribution >= 0.6 is 11.3 Å². The molecule has 28 heavy (non-hydrogen) atoms. The Hall–Kier alpha value is -2.15. The molecule has 0 radical (unpaired) electrons. The van der Waals surface area contributed by atoms with Gasteiger partial charge in [-0.2, -0.15) is 0 Å². The van der Waals surface area contributed by atoms with Crippen LogP contribution in [0.4, 0.5) is 13.8 Å². The zero-order valence-corrected chi connectivity index (χ0v) is 17.2. The Kier molecular flexibility index (Phi) is 7.25. The highest BCUT2D eigenvalue weighted by Crippen LogP contribution is 2.25. The minimum Gasteiger partial charge on any atom is -0.363 e. The molecule has 1 aromatic heterocycles. The van der Waals surface area contributed by atoms with E-state index in [0.29, 0.717) is 12.6 Å². The van der Waals surface area contributed by atoms with E-state index in [1.165, 1.54) is 17.1 Å².